The third-order valence-corrected chi connectivity index (χ3v) is 5.67. The molecule has 3 aliphatic rings. The monoisotopic (exact) mass is 352 g/mol. The summed E-state index contributed by atoms with van der Waals surface area (Å²) in [6.07, 6.45) is 5.07. The van der Waals surface area contributed by atoms with Gasteiger partial charge in [0.05, 0.1) is 19.3 Å². The number of hydrogen-bond donors (Lipinski definition) is 1. The van der Waals surface area contributed by atoms with Crippen molar-refractivity contribution < 1.29 is 23.9 Å². The van der Waals surface area contributed by atoms with Gasteiger partial charge >= 0.3 is 5.97 Å². The average molecular weight is 352 g/mol. The molecule has 0 aromatic carbocycles. The maximum absolute atomic E-state index is 13.0. The molecule has 0 saturated carbocycles. The molecule has 3 heterocycles. The molecule has 3 rings (SSSR count). The molecule has 140 valence electrons. The number of nitrogens with one attached hydrogen (secondary N) is 1. The minimum absolute atomic E-state index is 0.0369. The van der Waals surface area contributed by atoms with E-state index in [2.05, 4.69) is 5.32 Å². The van der Waals surface area contributed by atoms with Crippen LogP contribution >= 0.6 is 0 Å². The third kappa shape index (κ3) is 3.97. The van der Waals surface area contributed by atoms with Gasteiger partial charge in [0.1, 0.15) is 0 Å². The molecule has 3 aliphatic heterocycles. The fourth-order valence-electron chi connectivity index (χ4n) is 4.38. The molecule has 2 amide bonds. The Morgan fingerprint density at radius 1 is 1.28 bits per heavy atom. The van der Waals surface area contributed by atoms with Crippen LogP contribution in [0.2, 0.25) is 0 Å². The summed E-state index contributed by atoms with van der Waals surface area (Å²) in [7, 11) is 1.36. The second-order valence-corrected chi connectivity index (χ2v) is 7.43. The topological polar surface area (TPSA) is 84.9 Å². The molecule has 1 N–H and O–H groups in total. The summed E-state index contributed by atoms with van der Waals surface area (Å²) in [6, 6.07) is -0.0501. The molecule has 0 spiro atoms. The predicted octanol–water partition coefficient (Wildman–Crippen LogP) is 1.15. The van der Waals surface area contributed by atoms with E-state index in [1.165, 1.54) is 7.11 Å². The van der Waals surface area contributed by atoms with E-state index >= 15 is 0 Å². The minimum atomic E-state index is -0.585. The number of carbonyl (C=O) groups is 3. The number of rotatable bonds is 3. The zero-order valence-corrected chi connectivity index (χ0v) is 15.0. The molecule has 0 aromatic rings. The van der Waals surface area contributed by atoms with Gasteiger partial charge in [-0.3, -0.25) is 9.59 Å². The van der Waals surface area contributed by atoms with E-state index in [0.717, 1.165) is 32.1 Å². The highest BCUT2D eigenvalue weighted by Gasteiger charge is 2.47. The van der Waals surface area contributed by atoms with E-state index < -0.39 is 6.10 Å². The van der Waals surface area contributed by atoms with E-state index in [9.17, 15) is 14.4 Å². The predicted molar refractivity (Wildman–Crippen MR) is 89.6 cm³/mol. The first-order valence-electron chi connectivity index (χ1n) is 9.33. The lowest BCUT2D eigenvalue weighted by molar-refractivity contribution is -0.154. The standard InChI is InChI=1S/C18H28N2O5/c1-11-7-8-14-13(10-15(25-14)18(23)24-2)20(11)17(22)9-12-5-3-4-6-16(21)19-12/h11-15H,3-10H2,1-2H3,(H,19,21). The Morgan fingerprint density at radius 3 is 2.84 bits per heavy atom. The number of esters is 1. The van der Waals surface area contributed by atoms with Crippen LogP contribution < -0.4 is 5.32 Å². The van der Waals surface area contributed by atoms with E-state index in [0.29, 0.717) is 19.3 Å². The lowest BCUT2D eigenvalue weighted by atomic mass is 9.91. The summed E-state index contributed by atoms with van der Waals surface area (Å²) < 4.78 is 10.6. The first kappa shape index (κ1) is 18.2. The Hall–Kier alpha value is -1.63. The Balaban J connectivity index is 1.67. The van der Waals surface area contributed by atoms with E-state index in [4.69, 9.17) is 9.47 Å². The van der Waals surface area contributed by atoms with Crippen molar-refractivity contribution in [3.63, 3.8) is 0 Å². The van der Waals surface area contributed by atoms with Gasteiger partial charge in [0, 0.05) is 31.3 Å². The van der Waals surface area contributed by atoms with Crippen molar-refractivity contribution in [3.05, 3.63) is 0 Å². The number of likely N-dealkylation sites (tertiary alicyclic amines) is 1. The largest absolute Gasteiger partial charge is 0.467 e. The normalized spacial score (nSPS) is 35.5. The lowest BCUT2D eigenvalue weighted by Crippen LogP contribution is -2.54. The fraction of sp³-hybridized carbons (Fsp3) is 0.833. The van der Waals surface area contributed by atoms with Crippen LogP contribution in [0.1, 0.15) is 58.3 Å². The molecular weight excluding hydrogens is 324 g/mol. The van der Waals surface area contributed by atoms with Crippen molar-refractivity contribution in [2.45, 2.75) is 88.6 Å². The Kier molecular flexibility index (Phi) is 5.61. The second kappa shape index (κ2) is 7.72. The highest BCUT2D eigenvalue weighted by Crippen LogP contribution is 2.36. The van der Waals surface area contributed by atoms with Crippen molar-refractivity contribution in [1.82, 2.24) is 10.2 Å². The smallest absolute Gasteiger partial charge is 0.335 e. The molecule has 3 fully saturated rings. The number of methoxy groups -OCH3 is 1. The number of piperidine rings is 1. The molecule has 0 aliphatic carbocycles. The van der Waals surface area contributed by atoms with Gasteiger partial charge in [-0.1, -0.05) is 6.42 Å². The van der Waals surface area contributed by atoms with Crippen LogP contribution in [0.5, 0.6) is 0 Å². The number of fused-ring (bicyclic) bond motifs is 1. The zero-order chi connectivity index (χ0) is 18.0. The summed E-state index contributed by atoms with van der Waals surface area (Å²) >= 11 is 0. The first-order chi connectivity index (χ1) is 12.0. The van der Waals surface area contributed by atoms with Gasteiger partial charge in [-0.15, -0.1) is 0 Å². The Bertz CT molecular complexity index is 538. The molecular formula is C18H28N2O5. The molecule has 3 saturated heterocycles. The van der Waals surface area contributed by atoms with Gasteiger partial charge in [0.25, 0.3) is 0 Å². The van der Waals surface area contributed by atoms with Crippen LogP contribution in [-0.4, -0.2) is 60.1 Å². The molecule has 0 radical (unpaired) electrons. The number of carbonyl (C=O) groups excluding carboxylic acids is 3. The maximum Gasteiger partial charge on any atom is 0.335 e. The fourth-order valence-corrected chi connectivity index (χ4v) is 4.38. The minimum Gasteiger partial charge on any atom is -0.467 e. The summed E-state index contributed by atoms with van der Waals surface area (Å²) in [6.45, 7) is 2.05. The van der Waals surface area contributed by atoms with E-state index in [1.54, 1.807) is 0 Å². The number of hydrogen-bond acceptors (Lipinski definition) is 5. The van der Waals surface area contributed by atoms with Crippen LogP contribution in [0.25, 0.3) is 0 Å². The molecule has 25 heavy (non-hydrogen) atoms. The molecule has 5 unspecified atom stereocenters. The van der Waals surface area contributed by atoms with Crippen LogP contribution in [0.3, 0.4) is 0 Å². The molecule has 0 aromatic heterocycles. The van der Waals surface area contributed by atoms with Crippen LogP contribution in [0.4, 0.5) is 0 Å². The van der Waals surface area contributed by atoms with E-state index in [-0.39, 0.29) is 42.0 Å². The summed E-state index contributed by atoms with van der Waals surface area (Å²) in [5, 5.41) is 2.97. The third-order valence-electron chi connectivity index (χ3n) is 5.67. The zero-order valence-electron chi connectivity index (χ0n) is 15.0. The summed E-state index contributed by atoms with van der Waals surface area (Å²) in [4.78, 5) is 38.4. The van der Waals surface area contributed by atoms with Gasteiger partial charge in [-0.2, -0.15) is 0 Å². The number of amides is 2. The van der Waals surface area contributed by atoms with Crippen molar-refractivity contribution in [2.75, 3.05) is 7.11 Å². The molecule has 7 nitrogen and oxygen atoms in total. The van der Waals surface area contributed by atoms with Gasteiger partial charge < -0.3 is 19.7 Å². The van der Waals surface area contributed by atoms with E-state index in [1.807, 2.05) is 11.8 Å². The van der Waals surface area contributed by atoms with Crippen molar-refractivity contribution in [3.8, 4) is 0 Å². The van der Waals surface area contributed by atoms with Crippen molar-refractivity contribution in [2.24, 2.45) is 0 Å². The Morgan fingerprint density at radius 2 is 2.08 bits per heavy atom. The first-order valence-corrected chi connectivity index (χ1v) is 9.33. The van der Waals surface area contributed by atoms with Crippen LogP contribution in [-0.2, 0) is 23.9 Å². The van der Waals surface area contributed by atoms with Crippen LogP contribution in [0, 0.1) is 0 Å². The summed E-state index contributed by atoms with van der Waals surface area (Å²) in [5.41, 5.74) is 0. The average Bonchev–Trinajstić information content (AvgIpc) is 2.90. The highest BCUT2D eigenvalue weighted by atomic mass is 16.6. The molecule has 0 bridgehead atoms. The lowest BCUT2D eigenvalue weighted by Gasteiger charge is -2.42. The van der Waals surface area contributed by atoms with Gasteiger partial charge in [-0.25, -0.2) is 4.79 Å². The molecule has 5 atom stereocenters. The number of nitrogens with zero attached hydrogens (tertiary/aromatic N) is 1. The Labute approximate surface area is 148 Å². The van der Waals surface area contributed by atoms with Gasteiger partial charge in [-0.05, 0) is 32.6 Å². The summed E-state index contributed by atoms with van der Waals surface area (Å²) in [5.74, 6) is -0.288. The maximum atomic E-state index is 13.0. The van der Waals surface area contributed by atoms with Crippen LogP contribution in [0.15, 0.2) is 0 Å². The van der Waals surface area contributed by atoms with Crippen molar-refractivity contribution >= 4 is 17.8 Å². The van der Waals surface area contributed by atoms with Gasteiger partial charge in [0.2, 0.25) is 11.8 Å². The molecule has 7 heteroatoms. The SMILES string of the molecule is COC(=O)C1CC2C(CCC(C)N2C(=O)CC2CCCCC(=O)N2)O1. The quantitative estimate of drug-likeness (QED) is 0.770. The van der Waals surface area contributed by atoms with Crippen molar-refractivity contribution in [1.29, 1.82) is 0 Å². The second-order valence-electron chi connectivity index (χ2n) is 7.43. The highest BCUT2D eigenvalue weighted by molar-refractivity contribution is 5.81. The van der Waals surface area contributed by atoms with Gasteiger partial charge in [0.15, 0.2) is 6.10 Å². The number of ether oxygens (including phenoxy) is 2.